The minimum absolute atomic E-state index is 0.822. The number of rotatable bonds is 4. The number of pyridine rings is 1. The van der Waals surface area contributed by atoms with Gasteiger partial charge in [0.15, 0.2) is 5.82 Å². The Labute approximate surface area is 125 Å². The highest BCUT2D eigenvalue weighted by molar-refractivity contribution is 5.84. The molecule has 1 atom stereocenters. The van der Waals surface area contributed by atoms with E-state index in [0.29, 0.717) is 0 Å². The van der Waals surface area contributed by atoms with Crippen LogP contribution >= 0.6 is 0 Å². The van der Waals surface area contributed by atoms with E-state index in [1.807, 2.05) is 19.1 Å². The van der Waals surface area contributed by atoms with E-state index in [1.54, 1.807) is 6.33 Å². The molecule has 0 amide bonds. The van der Waals surface area contributed by atoms with Crippen LogP contribution in [0.25, 0.3) is 11.0 Å². The quantitative estimate of drug-likeness (QED) is 0.935. The van der Waals surface area contributed by atoms with Crippen molar-refractivity contribution in [1.82, 2.24) is 19.9 Å². The summed E-state index contributed by atoms with van der Waals surface area (Å²) in [4.78, 5) is 15.7. The number of aryl methyl sites for hydroxylation is 1. The van der Waals surface area contributed by atoms with Gasteiger partial charge >= 0.3 is 0 Å². The summed E-state index contributed by atoms with van der Waals surface area (Å²) in [5.74, 6) is 1.66. The van der Waals surface area contributed by atoms with Gasteiger partial charge in [0, 0.05) is 25.3 Å². The van der Waals surface area contributed by atoms with Crippen LogP contribution in [0, 0.1) is 12.8 Å². The van der Waals surface area contributed by atoms with Gasteiger partial charge in [-0.1, -0.05) is 6.92 Å². The topological polar surface area (TPSA) is 53.9 Å². The van der Waals surface area contributed by atoms with Crippen molar-refractivity contribution in [1.29, 1.82) is 0 Å². The van der Waals surface area contributed by atoms with Gasteiger partial charge in [-0.15, -0.1) is 0 Å². The number of piperidine rings is 1. The molecule has 21 heavy (non-hydrogen) atoms. The molecular formula is C16H23N5. The predicted molar refractivity (Wildman–Crippen MR) is 85.4 cm³/mol. The maximum Gasteiger partial charge on any atom is 0.156 e. The molecule has 0 saturated carbocycles. The van der Waals surface area contributed by atoms with Crippen molar-refractivity contribution in [3.8, 4) is 0 Å². The van der Waals surface area contributed by atoms with Crippen LogP contribution < -0.4 is 5.32 Å². The molecule has 5 nitrogen and oxygen atoms in total. The summed E-state index contributed by atoms with van der Waals surface area (Å²) in [6.45, 7) is 8.71. The summed E-state index contributed by atoms with van der Waals surface area (Å²) in [6, 6.07) is 3.98. The molecule has 0 bridgehead atoms. The molecule has 2 aromatic rings. The van der Waals surface area contributed by atoms with Gasteiger partial charge in [-0.2, -0.15) is 0 Å². The van der Waals surface area contributed by atoms with Gasteiger partial charge in [0.25, 0.3) is 0 Å². The van der Waals surface area contributed by atoms with E-state index in [9.17, 15) is 0 Å². The summed E-state index contributed by atoms with van der Waals surface area (Å²) in [6.07, 6.45) is 4.28. The van der Waals surface area contributed by atoms with Crippen molar-refractivity contribution in [2.24, 2.45) is 5.92 Å². The molecule has 1 saturated heterocycles. The first-order valence-electron chi connectivity index (χ1n) is 7.77. The average Bonchev–Trinajstić information content (AvgIpc) is 2.48. The number of fused-ring (bicyclic) bond motifs is 1. The number of hydrogen-bond acceptors (Lipinski definition) is 5. The lowest BCUT2D eigenvalue weighted by Gasteiger charge is -2.30. The molecule has 1 fully saturated rings. The fourth-order valence-electron chi connectivity index (χ4n) is 2.99. The molecule has 1 aliphatic rings. The first kappa shape index (κ1) is 14.2. The van der Waals surface area contributed by atoms with E-state index in [4.69, 9.17) is 0 Å². The lowest BCUT2D eigenvalue weighted by atomic mass is 10.0. The lowest BCUT2D eigenvalue weighted by Crippen LogP contribution is -2.37. The molecule has 0 aromatic carbocycles. The van der Waals surface area contributed by atoms with Gasteiger partial charge in [0.05, 0.1) is 5.52 Å². The molecule has 112 valence electrons. The first-order valence-corrected chi connectivity index (χ1v) is 7.77. The Bertz CT molecular complexity index is 613. The second-order valence-electron chi connectivity index (χ2n) is 6.02. The number of likely N-dealkylation sites (tertiary alicyclic amines) is 1. The molecular weight excluding hydrogens is 262 g/mol. The molecule has 1 N–H and O–H groups in total. The highest BCUT2D eigenvalue weighted by Gasteiger charge is 2.15. The fraction of sp³-hybridized carbons (Fsp3) is 0.562. The molecule has 0 spiro atoms. The van der Waals surface area contributed by atoms with Gasteiger partial charge in [0.1, 0.15) is 11.8 Å². The zero-order valence-corrected chi connectivity index (χ0v) is 12.8. The number of aromatic nitrogens is 3. The molecule has 2 aromatic heterocycles. The van der Waals surface area contributed by atoms with E-state index in [2.05, 4.69) is 32.1 Å². The Balaban J connectivity index is 1.64. The fourth-order valence-corrected chi connectivity index (χ4v) is 2.99. The van der Waals surface area contributed by atoms with E-state index in [-0.39, 0.29) is 0 Å². The minimum Gasteiger partial charge on any atom is -0.367 e. The highest BCUT2D eigenvalue weighted by atomic mass is 15.2. The van der Waals surface area contributed by atoms with Crippen molar-refractivity contribution in [2.75, 3.05) is 31.5 Å². The van der Waals surface area contributed by atoms with E-state index < -0.39 is 0 Å². The van der Waals surface area contributed by atoms with Crippen molar-refractivity contribution in [3.63, 3.8) is 0 Å². The first-order chi connectivity index (χ1) is 10.2. The molecule has 0 radical (unpaired) electrons. The van der Waals surface area contributed by atoms with Crippen LogP contribution in [0.3, 0.4) is 0 Å². The Morgan fingerprint density at radius 1 is 1.33 bits per heavy atom. The number of hydrogen-bond donors (Lipinski definition) is 1. The second-order valence-corrected chi connectivity index (χ2v) is 6.02. The number of nitrogens with one attached hydrogen (secondary N) is 1. The molecule has 3 heterocycles. The normalized spacial score (nSPS) is 19.8. The van der Waals surface area contributed by atoms with Crippen LogP contribution in [0.2, 0.25) is 0 Å². The number of anilines is 1. The minimum atomic E-state index is 0.822. The predicted octanol–water partition coefficient (Wildman–Crippen LogP) is 2.48. The average molecular weight is 285 g/mol. The molecule has 5 heteroatoms. The van der Waals surface area contributed by atoms with Crippen molar-refractivity contribution in [2.45, 2.75) is 26.7 Å². The van der Waals surface area contributed by atoms with Gasteiger partial charge in [-0.05, 0) is 44.4 Å². The Kier molecular flexibility index (Phi) is 4.29. The molecule has 0 aliphatic carbocycles. The van der Waals surface area contributed by atoms with E-state index >= 15 is 0 Å². The van der Waals surface area contributed by atoms with Gasteiger partial charge in [-0.25, -0.2) is 15.0 Å². The third-order valence-corrected chi connectivity index (χ3v) is 4.08. The SMILES string of the molecule is Cc1ccc2ncnc(NCCN3CCCC(C)C3)c2n1. The maximum absolute atomic E-state index is 4.55. The lowest BCUT2D eigenvalue weighted by molar-refractivity contribution is 0.190. The van der Waals surface area contributed by atoms with Crippen LogP contribution in [-0.2, 0) is 0 Å². The molecule has 3 rings (SSSR count). The van der Waals surface area contributed by atoms with Crippen LogP contribution in [0.5, 0.6) is 0 Å². The van der Waals surface area contributed by atoms with Crippen molar-refractivity contribution in [3.05, 3.63) is 24.2 Å². The van der Waals surface area contributed by atoms with Gasteiger partial charge in [-0.3, -0.25) is 0 Å². The zero-order chi connectivity index (χ0) is 14.7. The van der Waals surface area contributed by atoms with Gasteiger partial charge < -0.3 is 10.2 Å². The third kappa shape index (κ3) is 3.47. The Hall–Kier alpha value is -1.75. The highest BCUT2D eigenvalue weighted by Crippen LogP contribution is 2.18. The molecule has 1 unspecified atom stereocenters. The maximum atomic E-state index is 4.55. The van der Waals surface area contributed by atoms with Crippen LogP contribution in [0.4, 0.5) is 5.82 Å². The smallest absolute Gasteiger partial charge is 0.156 e. The van der Waals surface area contributed by atoms with Crippen molar-refractivity contribution < 1.29 is 0 Å². The Morgan fingerprint density at radius 2 is 2.24 bits per heavy atom. The summed E-state index contributed by atoms with van der Waals surface area (Å²) in [7, 11) is 0. The van der Waals surface area contributed by atoms with Crippen molar-refractivity contribution >= 4 is 16.9 Å². The summed E-state index contributed by atoms with van der Waals surface area (Å²) >= 11 is 0. The monoisotopic (exact) mass is 285 g/mol. The second kappa shape index (κ2) is 6.35. The number of nitrogens with zero attached hydrogens (tertiary/aromatic N) is 4. The largest absolute Gasteiger partial charge is 0.367 e. The van der Waals surface area contributed by atoms with Crippen LogP contribution in [0.15, 0.2) is 18.5 Å². The summed E-state index contributed by atoms with van der Waals surface area (Å²) < 4.78 is 0. The van der Waals surface area contributed by atoms with Crippen LogP contribution in [0.1, 0.15) is 25.5 Å². The third-order valence-electron chi connectivity index (χ3n) is 4.08. The van der Waals surface area contributed by atoms with Gasteiger partial charge in [0.2, 0.25) is 0 Å². The van der Waals surface area contributed by atoms with Crippen LogP contribution in [-0.4, -0.2) is 46.0 Å². The molecule has 1 aliphatic heterocycles. The van der Waals surface area contributed by atoms with E-state index in [1.165, 1.54) is 25.9 Å². The Morgan fingerprint density at radius 3 is 3.10 bits per heavy atom. The van der Waals surface area contributed by atoms with E-state index in [0.717, 1.165) is 41.6 Å². The standard InChI is InChI=1S/C16H23N5/c1-12-4-3-8-21(10-12)9-7-17-16-15-14(18-11-19-16)6-5-13(2)20-15/h5-6,11-12H,3-4,7-10H2,1-2H3,(H,17,18,19). The summed E-state index contributed by atoms with van der Waals surface area (Å²) in [5, 5.41) is 3.42. The summed E-state index contributed by atoms with van der Waals surface area (Å²) in [5.41, 5.74) is 2.75. The zero-order valence-electron chi connectivity index (χ0n) is 12.8.